The van der Waals surface area contributed by atoms with Gasteiger partial charge in [-0.25, -0.2) is 0 Å². The van der Waals surface area contributed by atoms with Crippen LogP contribution in [0.15, 0.2) is 18.2 Å². The van der Waals surface area contributed by atoms with Crippen molar-refractivity contribution >= 4 is 17.2 Å². The predicted molar refractivity (Wildman–Crippen MR) is 79.8 cm³/mol. The number of Topliss-reactive ketones (excluding diaryl/α,β-unsaturated/α-hetero) is 1. The number of benzene rings is 1. The van der Waals surface area contributed by atoms with Crippen LogP contribution in [0.3, 0.4) is 0 Å². The molecule has 2 rings (SSSR count). The third-order valence-electron chi connectivity index (χ3n) is 3.69. The smallest absolute Gasteiger partial charge is 0.161 e. The molecule has 0 aromatic heterocycles. The van der Waals surface area contributed by atoms with Gasteiger partial charge in [0.2, 0.25) is 0 Å². The van der Waals surface area contributed by atoms with E-state index in [4.69, 9.17) is 5.73 Å². The molecule has 0 bridgehead atoms. The lowest BCUT2D eigenvalue weighted by Gasteiger charge is -2.36. The quantitative estimate of drug-likeness (QED) is 0.665. The lowest BCUT2D eigenvalue weighted by Crippen LogP contribution is -2.46. The Morgan fingerprint density at radius 2 is 1.95 bits per heavy atom. The molecule has 0 atom stereocenters. The number of rotatable bonds is 4. The lowest BCUT2D eigenvalue weighted by atomic mass is 10.1. The molecule has 0 radical (unpaired) electrons. The van der Waals surface area contributed by atoms with Gasteiger partial charge in [-0.05, 0) is 38.1 Å². The third kappa shape index (κ3) is 3.26. The van der Waals surface area contributed by atoms with Crippen molar-refractivity contribution in [2.24, 2.45) is 0 Å². The lowest BCUT2D eigenvalue weighted by molar-refractivity contribution is 0.101. The van der Waals surface area contributed by atoms with Crippen LogP contribution in [0.5, 0.6) is 0 Å². The first-order valence-corrected chi connectivity index (χ1v) is 6.99. The molecule has 0 unspecified atom stereocenters. The van der Waals surface area contributed by atoms with Crippen molar-refractivity contribution in [1.29, 1.82) is 0 Å². The van der Waals surface area contributed by atoms with Crippen molar-refractivity contribution in [2.75, 3.05) is 43.4 Å². The summed E-state index contributed by atoms with van der Waals surface area (Å²) in [5, 5.41) is 0. The molecule has 0 spiro atoms. The molecule has 1 heterocycles. The van der Waals surface area contributed by atoms with E-state index >= 15 is 0 Å². The molecule has 4 nitrogen and oxygen atoms in total. The summed E-state index contributed by atoms with van der Waals surface area (Å²) in [6.45, 7) is 9.20. The highest BCUT2D eigenvalue weighted by atomic mass is 16.1. The molecule has 1 fully saturated rings. The fourth-order valence-electron chi connectivity index (χ4n) is 2.61. The second kappa shape index (κ2) is 6.06. The van der Waals surface area contributed by atoms with E-state index in [-0.39, 0.29) is 5.78 Å². The van der Waals surface area contributed by atoms with Crippen LogP contribution in [-0.4, -0.2) is 43.4 Å². The molecule has 1 aliphatic rings. The number of carbonyl (C=O) groups is 1. The first-order chi connectivity index (χ1) is 9.11. The zero-order valence-electron chi connectivity index (χ0n) is 11.9. The van der Waals surface area contributed by atoms with Gasteiger partial charge in [-0.15, -0.1) is 0 Å². The number of hydrogen-bond donors (Lipinski definition) is 1. The second-order valence-electron chi connectivity index (χ2n) is 5.16. The number of piperazine rings is 1. The second-order valence-corrected chi connectivity index (χ2v) is 5.16. The molecule has 104 valence electrons. The standard InChI is InChI=1S/C15H23N3O/c1-3-6-17-7-9-18(10-8-17)13-4-5-14(12(2)19)15(16)11-13/h4-5,11H,3,6-10,16H2,1-2H3. The van der Waals surface area contributed by atoms with Gasteiger partial charge in [-0.2, -0.15) is 0 Å². The topological polar surface area (TPSA) is 49.6 Å². The van der Waals surface area contributed by atoms with Crippen LogP contribution in [0, 0.1) is 0 Å². The molecule has 1 aromatic carbocycles. The number of ketones is 1. The molecule has 1 aromatic rings. The summed E-state index contributed by atoms with van der Waals surface area (Å²) >= 11 is 0. The Morgan fingerprint density at radius 1 is 1.26 bits per heavy atom. The summed E-state index contributed by atoms with van der Waals surface area (Å²) in [5.74, 6) is 0.0248. The van der Waals surface area contributed by atoms with Gasteiger partial charge >= 0.3 is 0 Å². The predicted octanol–water partition coefficient (Wildman–Crippen LogP) is 2.00. The van der Waals surface area contributed by atoms with Gasteiger partial charge < -0.3 is 10.6 Å². The van der Waals surface area contributed by atoms with E-state index in [1.165, 1.54) is 13.0 Å². The summed E-state index contributed by atoms with van der Waals surface area (Å²) in [6, 6.07) is 5.76. The van der Waals surface area contributed by atoms with E-state index in [1.54, 1.807) is 6.92 Å². The highest BCUT2D eigenvalue weighted by molar-refractivity contribution is 5.99. The number of anilines is 2. The van der Waals surface area contributed by atoms with Crippen LogP contribution in [0.2, 0.25) is 0 Å². The molecule has 1 saturated heterocycles. The molecule has 0 amide bonds. The Kier molecular flexibility index (Phi) is 4.43. The van der Waals surface area contributed by atoms with E-state index < -0.39 is 0 Å². The Labute approximate surface area is 115 Å². The van der Waals surface area contributed by atoms with Crippen molar-refractivity contribution in [3.05, 3.63) is 23.8 Å². The summed E-state index contributed by atoms with van der Waals surface area (Å²) in [7, 11) is 0. The molecule has 0 saturated carbocycles. The summed E-state index contributed by atoms with van der Waals surface area (Å²) < 4.78 is 0. The van der Waals surface area contributed by atoms with Crippen molar-refractivity contribution < 1.29 is 4.79 Å². The van der Waals surface area contributed by atoms with Crippen LogP contribution in [0.1, 0.15) is 30.6 Å². The highest BCUT2D eigenvalue weighted by Gasteiger charge is 2.17. The first-order valence-electron chi connectivity index (χ1n) is 6.99. The molecule has 0 aliphatic carbocycles. The fraction of sp³-hybridized carbons (Fsp3) is 0.533. The van der Waals surface area contributed by atoms with E-state index in [2.05, 4.69) is 16.7 Å². The zero-order chi connectivity index (χ0) is 13.8. The summed E-state index contributed by atoms with van der Waals surface area (Å²) in [6.07, 6.45) is 1.21. The summed E-state index contributed by atoms with van der Waals surface area (Å²) in [4.78, 5) is 16.2. The maximum absolute atomic E-state index is 11.4. The Balaban J connectivity index is 2.04. The largest absolute Gasteiger partial charge is 0.398 e. The van der Waals surface area contributed by atoms with Gasteiger partial charge in [0.15, 0.2) is 5.78 Å². The number of nitrogens with two attached hydrogens (primary N) is 1. The summed E-state index contributed by atoms with van der Waals surface area (Å²) in [5.41, 5.74) is 8.27. The maximum Gasteiger partial charge on any atom is 0.161 e. The van der Waals surface area contributed by atoms with Crippen LogP contribution in [0.25, 0.3) is 0 Å². The zero-order valence-corrected chi connectivity index (χ0v) is 11.9. The maximum atomic E-state index is 11.4. The Bertz CT molecular complexity index is 451. The van der Waals surface area contributed by atoms with Crippen LogP contribution < -0.4 is 10.6 Å². The molecule has 1 aliphatic heterocycles. The fourth-order valence-corrected chi connectivity index (χ4v) is 2.61. The van der Waals surface area contributed by atoms with Gasteiger partial charge in [-0.3, -0.25) is 9.69 Å². The van der Waals surface area contributed by atoms with Gasteiger partial charge in [0, 0.05) is 43.1 Å². The van der Waals surface area contributed by atoms with Crippen LogP contribution in [0.4, 0.5) is 11.4 Å². The minimum Gasteiger partial charge on any atom is -0.398 e. The monoisotopic (exact) mass is 261 g/mol. The SMILES string of the molecule is CCCN1CCN(c2ccc(C(C)=O)c(N)c2)CC1. The molecular formula is C15H23N3O. The number of nitrogens with zero attached hydrogens (tertiary/aromatic N) is 2. The van der Waals surface area contributed by atoms with Crippen LogP contribution >= 0.6 is 0 Å². The third-order valence-corrected chi connectivity index (χ3v) is 3.69. The highest BCUT2D eigenvalue weighted by Crippen LogP contribution is 2.23. The normalized spacial score (nSPS) is 16.6. The van der Waals surface area contributed by atoms with E-state index in [9.17, 15) is 4.79 Å². The van der Waals surface area contributed by atoms with E-state index in [0.29, 0.717) is 11.3 Å². The van der Waals surface area contributed by atoms with Crippen molar-refractivity contribution in [1.82, 2.24) is 4.90 Å². The Morgan fingerprint density at radius 3 is 2.47 bits per heavy atom. The van der Waals surface area contributed by atoms with Gasteiger partial charge in [0.05, 0.1) is 0 Å². The molecular weight excluding hydrogens is 238 g/mol. The number of hydrogen-bond acceptors (Lipinski definition) is 4. The van der Waals surface area contributed by atoms with Crippen molar-refractivity contribution in [3.8, 4) is 0 Å². The minimum absolute atomic E-state index is 0.0248. The molecule has 2 N–H and O–H groups in total. The molecule has 4 heteroatoms. The minimum atomic E-state index is 0.0248. The van der Waals surface area contributed by atoms with Gasteiger partial charge in [-0.1, -0.05) is 6.92 Å². The van der Waals surface area contributed by atoms with Crippen molar-refractivity contribution in [2.45, 2.75) is 20.3 Å². The van der Waals surface area contributed by atoms with Crippen molar-refractivity contribution in [3.63, 3.8) is 0 Å². The van der Waals surface area contributed by atoms with Gasteiger partial charge in [0.25, 0.3) is 0 Å². The average Bonchev–Trinajstić information content (AvgIpc) is 2.39. The van der Waals surface area contributed by atoms with Gasteiger partial charge in [0.1, 0.15) is 0 Å². The van der Waals surface area contributed by atoms with E-state index in [0.717, 1.165) is 31.9 Å². The number of nitrogen functional groups attached to an aromatic ring is 1. The first kappa shape index (κ1) is 13.9. The Hall–Kier alpha value is -1.55. The van der Waals surface area contributed by atoms with Crippen LogP contribution in [-0.2, 0) is 0 Å². The average molecular weight is 261 g/mol. The number of carbonyl (C=O) groups excluding carboxylic acids is 1. The molecule has 19 heavy (non-hydrogen) atoms. The van der Waals surface area contributed by atoms with E-state index in [1.807, 2.05) is 18.2 Å².